The van der Waals surface area contributed by atoms with Crippen molar-refractivity contribution in [3.05, 3.63) is 71.5 Å². The number of para-hydroxylation sites is 1. The Hall–Kier alpha value is -3.54. The van der Waals surface area contributed by atoms with Gasteiger partial charge in [0.1, 0.15) is 5.82 Å². The molecule has 11 heteroatoms. The van der Waals surface area contributed by atoms with Crippen molar-refractivity contribution in [3.8, 4) is 0 Å². The number of hydroxylamine groups is 1. The van der Waals surface area contributed by atoms with Crippen LogP contribution in [0.5, 0.6) is 0 Å². The van der Waals surface area contributed by atoms with E-state index in [2.05, 4.69) is 15.5 Å². The normalized spacial score (nSPS) is 11.9. The summed E-state index contributed by atoms with van der Waals surface area (Å²) in [5.74, 6) is 0.242. The zero-order chi connectivity index (χ0) is 23.8. The number of hydrogen-bond acceptors (Lipinski definition) is 6. The fourth-order valence-corrected chi connectivity index (χ4v) is 4.48. The Morgan fingerprint density at radius 2 is 1.82 bits per heavy atom. The first-order valence-corrected chi connectivity index (χ1v) is 11.5. The minimum Gasteiger partial charge on any atom is -0.305 e. The quantitative estimate of drug-likeness (QED) is 0.417. The maximum Gasteiger partial charge on any atom is 0.277 e. The highest BCUT2D eigenvalue weighted by Gasteiger charge is 2.21. The average molecular weight is 469 g/mol. The molecule has 0 saturated carbocycles. The van der Waals surface area contributed by atoms with Crippen molar-refractivity contribution in [2.24, 2.45) is 7.05 Å². The minimum atomic E-state index is -3.72. The lowest BCUT2D eigenvalue weighted by molar-refractivity contribution is -0.0258. The molecule has 0 fully saturated rings. The van der Waals surface area contributed by atoms with Gasteiger partial charge >= 0.3 is 0 Å². The lowest BCUT2D eigenvalue weighted by atomic mass is 10.2. The third-order valence-electron chi connectivity index (χ3n) is 5.27. The molecule has 0 saturated heterocycles. The molecule has 4 rings (SSSR count). The number of nitrogens with zero attached hydrogens (tertiary/aromatic N) is 5. The number of rotatable bonds is 7. The first kappa shape index (κ1) is 22.6. The maximum absolute atomic E-state index is 13.0. The van der Waals surface area contributed by atoms with Gasteiger partial charge in [0.15, 0.2) is 5.69 Å². The van der Waals surface area contributed by atoms with Crippen molar-refractivity contribution < 1.29 is 18.0 Å². The molecule has 0 unspecified atom stereocenters. The van der Waals surface area contributed by atoms with Crippen LogP contribution >= 0.6 is 0 Å². The third kappa shape index (κ3) is 4.38. The molecule has 4 aromatic rings. The monoisotopic (exact) mass is 468 g/mol. The van der Waals surface area contributed by atoms with Gasteiger partial charge in [-0.1, -0.05) is 34.8 Å². The fraction of sp³-hybridized carbons (Fsp3) is 0.227. The smallest absolute Gasteiger partial charge is 0.277 e. The zero-order valence-corrected chi connectivity index (χ0v) is 19.5. The summed E-state index contributed by atoms with van der Waals surface area (Å²) in [5.41, 5.74) is 2.71. The van der Waals surface area contributed by atoms with Crippen LogP contribution in [-0.4, -0.2) is 52.5 Å². The number of sulfonamides is 1. The molecular weight excluding hydrogens is 444 g/mol. The Labute approximate surface area is 191 Å². The van der Waals surface area contributed by atoms with Crippen LogP contribution in [0, 0.1) is 6.92 Å². The molecule has 0 atom stereocenters. The second kappa shape index (κ2) is 8.77. The van der Waals surface area contributed by atoms with E-state index in [1.807, 2.05) is 31.2 Å². The molecule has 10 nitrogen and oxygen atoms in total. The number of aryl methyl sites for hydroxylation is 2. The first-order chi connectivity index (χ1) is 15.7. The maximum atomic E-state index is 13.0. The van der Waals surface area contributed by atoms with E-state index in [4.69, 9.17) is 4.84 Å². The van der Waals surface area contributed by atoms with Crippen LogP contribution in [0.3, 0.4) is 0 Å². The number of benzene rings is 2. The predicted molar refractivity (Wildman–Crippen MR) is 123 cm³/mol. The number of fused-ring (bicyclic) bond motifs is 1. The molecule has 172 valence electrons. The van der Waals surface area contributed by atoms with Crippen molar-refractivity contribution in [1.29, 1.82) is 0 Å². The Balaban J connectivity index is 1.63. The van der Waals surface area contributed by atoms with Crippen molar-refractivity contribution in [2.45, 2.75) is 18.4 Å². The molecule has 0 spiro atoms. The minimum absolute atomic E-state index is 0.118. The summed E-state index contributed by atoms with van der Waals surface area (Å²) in [4.78, 5) is 17.9. The topological polar surface area (TPSA) is 111 Å². The zero-order valence-electron chi connectivity index (χ0n) is 18.7. The van der Waals surface area contributed by atoms with Crippen LogP contribution < -0.4 is 5.32 Å². The SMILES string of the molecule is CON(C)S(=O)(=O)c1ccc(Cn2nc(C(=O)Nc3cc(C)nn3C)c3ccccc32)cc1. The molecule has 1 amide bonds. The van der Waals surface area contributed by atoms with Gasteiger partial charge in [-0.3, -0.25) is 19.0 Å². The Morgan fingerprint density at radius 1 is 1.12 bits per heavy atom. The first-order valence-electron chi connectivity index (χ1n) is 10.1. The summed E-state index contributed by atoms with van der Waals surface area (Å²) in [5, 5.41) is 12.4. The summed E-state index contributed by atoms with van der Waals surface area (Å²) < 4.78 is 28.9. The number of aromatic nitrogens is 4. The van der Waals surface area contributed by atoms with Gasteiger partial charge in [-0.2, -0.15) is 10.2 Å². The highest BCUT2D eigenvalue weighted by atomic mass is 32.2. The number of hydrogen-bond donors (Lipinski definition) is 1. The highest BCUT2D eigenvalue weighted by Crippen LogP contribution is 2.22. The fourth-order valence-electron chi connectivity index (χ4n) is 3.51. The molecule has 0 aliphatic carbocycles. The molecule has 1 N–H and O–H groups in total. The van der Waals surface area contributed by atoms with E-state index >= 15 is 0 Å². The second-order valence-electron chi connectivity index (χ2n) is 7.51. The summed E-state index contributed by atoms with van der Waals surface area (Å²) in [6, 6.07) is 15.7. The van der Waals surface area contributed by atoms with Crippen LogP contribution in [0.25, 0.3) is 10.9 Å². The van der Waals surface area contributed by atoms with E-state index in [9.17, 15) is 13.2 Å². The summed E-state index contributed by atoms with van der Waals surface area (Å²) in [6.45, 7) is 2.21. The van der Waals surface area contributed by atoms with Gasteiger partial charge in [0.25, 0.3) is 15.9 Å². The van der Waals surface area contributed by atoms with Gasteiger partial charge in [-0.15, -0.1) is 0 Å². The standard InChI is InChI=1S/C22H24N6O4S/c1-15-13-20(26(2)24-15)23-22(29)21-18-7-5-6-8-19(18)28(25-21)14-16-9-11-17(12-10-16)33(30,31)27(3)32-4/h5-13H,14H2,1-4H3,(H,23,29). The molecule has 0 bridgehead atoms. The Kier molecular flexibility index (Phi) is 6.02. The number of carbonyl (C=O) groups excluding carboxylic acids is 1. The molecule has 2 aromatic heterocycles. The van der Waals surface area contributed by atoms with Crippen LogP contribution in [-0.2, 0) is 28.5 Å². The average Bonchev–Trinajstić information content (AvgIpc) is 3.32. The van der Waals surface area contributed by atoms with E-state index in [0.717, 1.165) is 26.6 Å². The van der Waals surface area contributed by atoms with Crippen molar-refractivity contribution in [2.75, 3.05) is 19.5 Å². The van der Waals surface area contributed by atoms with E-state index in [0.29, 0.717) is 18.1 Å². The number of amides is 1. The van der Waals surface area contributed by atoms with Crippen LogP contribution in [0.1, 0.15) is 21.7 Å². The Bertz CT molecular complexity index is 1420. The molecule has 2 aromatic carbocycles. The molecular formula is C22H24N6O4S. The molecule has 0 aliphatic heterocycles. The van der Waals surface area contributed by atoms with Gasteiger partial charge in [0.2, 0.25) is 0 Å². The van der Waals surface area contributed by atoms with Gasteiger partial charge in [0.05, 0.1) is 29.8 Å². The lowest BCUT2D eigenvalue weighted by Crippen LogP contribution is -2.25. The van der Waals surface area contributed by atoms with Gasteiger partial charge in [-0.05, 0) is 30.7 Å². The van der Waals surface area contributed by atoms with Crippen LogP contribution in [0.15, 0.2) is 59.5 Å². The molecule has 0 aliphatic rings. The van der Waals surface area contributed by atoms with Crippen molar-refractivity contribution in [1.82, 2.24) is 24.0 Å². The summed E-state index contributed by atoms with van der Waals surface area (Å²) in [7, 11) is 0.656. The van der Waals surface area contributed by atoms with Gasteiger partial charge in [0, 0.05) is 25.5 Å². The Morgan fingerprint density at radius 3 is 2.45 bits per heavy atom. The van der Waals surface area contributed by atoms with Gasteiger partial charge < -0.3 is 5.32 Å². The summed E-state index contributed by atoms with van der Waals surface area (Å²) in [6.07, 6.45) is 0. The molecule has 0 radical (unpaired) electrons. The number of carbonyl (C=O) groups is 1. The third-order valence-corrected chi connectivity index (χ3v) is 6.96. The summed E-state index contributed by atoms with van der Waals surface area (Å²) >= 11 is 0. The van der Waals surface area contributed by atoms with Gasteiger partial charge in [-0.25, -0.2) is 8.42 Å². The van der Waals surface area contributed by atoms with E-state index in [1.54, 1.807) is 34.6 Å². The van der Waals surface area contributed by atoms with Crippen molar-refractivity contribution in [3.63, 3.8) is 0 Å². The molecule has 33 heavy (non-hydrogen) atoms. The number of anilines is 1. The van der Waals surface area contributed by atoms with E-state index in [-0.39, 0.29) is 10.8 Å². The van der Waals surface area contributed by atoms with E-state index < -0.39 is 10.0 Å². The van der Waals surface area contributed by atoms with Crippen molar-refractivity contribution >= 4 is 32.7 Å². The molecule has 2 heterocycles. The highest BCUT2D eigenvalue weighted by molar-refractivity contribution is 7.89. The predicted octanol–water partition coefficient (Wildman–Crippen LogP) is 2.56. The lowest BCUT2D eigenvalue weighted by Gasteiger charge is -2.14. The van der Waals surface area contributed by atoms with Crippen LogP contribution in [0.4, 0.5) is 5.82 Å². The van der Waals surface area contributed by atoms with Crippen LogP contribution in [0.2, 0.25) is 0 Å². The number of nitrogens with one attached hydrogen (secondary N) is 1. The van der Waals surface area contributed by atoms with E-state index in [1.165, 1.54) is 26.3 Å². The second-order valence-corrected chi connectivity index (χ2v) is 9.45. The largest absolute Gasteiger partial charge is 0.305 e.